The van der Waals surface area contributed by atoms with E-state index >= 15 is 0 Å². The Labute approximate surface area is 275 Å². The number of benzene rings is 5. The second-order valence-corrected chi connectivity index (χ2v) is 13.2. The molecule has 1 aromatic heterocycles. The molecular weight excluding hydrogens is 581 g/mol. The van der Waals surface area contributed by atoms with E-state index in [0.717, 1.165) is 28.5 Å². The van der Waals surface area contributed by atoms with E-state index in [4.69, 9.17) is 4.99 Å². The van der Waals surface area contributed by atoms with Gasteiger partial charge in [0.2, 0.25) is 0 Å². The minimum atomic E-state index is -0.590. The van der Waals surface area contributed by atoms with Crippen LogP contribution in [0.25, 0.3) is 0 Å². The van der Waals surface area contributed by atoms with E-state index < -0.39 is 5.54 Å². The van der Waals surface area contributed by atoms with Gasteiger partial charge in [-0.3, -0.25) is 4.98 Å². The summed E-state index contributed by atoms with van der Waals surface area (Å²) < 4.78 is 0. The van der Waals surface area contributed by atoms with Gasteiger partial charge in [-0.25, -0.2) is 4.99 Å². The standard InChI is InChI=1S/C41H34N4S/c1-30(31-14-6-2-7-15-31)46-40-27-32-26-39-38(28-37(32)43-40)44(36-22-24-42-25-23-36)29-45(39)41(33-16-8-3-9-17-33,34-18-10-4-11-19-34)35-20-12-5-13-21-35/h2-26,28,30H,27,29H2,1H3. The van der Waals surface area contributed by atoms with E-state index in [1.165, 1.54) is 33.5 Å². The summed E-state index contributed by atoms with van der Waals surface area (Å²) >= 11 is 1.86. The van der Waals surface area contributed by atoms with Crippen LogP contribution < -0.4 is 9.80 Å². The van der Waals surface area contributed by atoms with Crippen LogP contribution in [-0.4, -0.2) is 16.7 Å². The highest BCUT2D eigenvalue weighted by molar-refractivity contribution is 8.14. The van der Waals surface area contributed by atoms with Crippen LogP contribution >= 0.6 is 11.8 Å². The summed E-state index contributed by atoms with van der Waals surface area (Å²) in [6.07, 6.45) is 4.59. The van der Waals surface area contributed by atoms with Crippen LogP contribution in [0.2, 0.25) is 0 Å². The van der Waals surface area contributed by atoms with Gasteiger partial charge in [0.25, 0.3) is 0 Å². The Morgan fingerprint density at radius 2 is 1.20 bits per heavy atom. The Kier molecular flexibility index (Phi) is 7.39. The molecular formula is C41H34N4S. The highest BCUT2D eigenvalue weighted by Crippen LogP contribution is 2.54. The van der Waals surface area contributed by atoms with Gasteiger partial charge in [0.15, 0.2) is 0 Å². The molecule has 2 aliphatic heterocycles. The lowest BCUT2D eigenvalue weighted by molar-refractivity contribution is 0.575. The van der Waals surface area contributed by atoms with Crippen molar-refractivity contribution < 1.29 is 0 Å². The van der Waals surface area contributed by atoms with Crippen molar-refractivity contribution in [3.05, 3.63) is 186 Å². The predicted octanol–water partition coefficient (Wildman–Crippen LogP) is 10.1. The monoisotopic (exact) mass is 614 g/mol. The van der Waals surface area contributed by atoms with E-state index in [9.17, 15) is 0 Å². The van der Waals surface area contributed by atoms with Gasteiger partial charge in [0.05, 0.1) is 28.8 Å². The number of hydrogen-bond acceptors (Lipinski definition) is 5. The Morgan fingerprint density at radius 3 is 1.76 bits per heavy atom. The largest absolute Gasteiger partial charge is 0.334 e. The maximum Gasteiger partial charge on any atom is 0.118 e. The molecule has 0 N–H and O–H groups in total. The van der Waals surface area contributed by atoms with Gasteiger partial charge in [-0.05, 0) is 59.0 Å². The third kappa shape index (κ3) is 4.88. The average Bonchev–Trinajstić information content (AvgIpc) is 3.70. The summed E-state index contributed by atoms with van der Waals surface area (Å²) in [5, 5.41) is 1.49. The molecule has 8 rings (SSSR count). The number of pyridine rings is 1. The van der Waals surface area contributed by atoms with Gasteiger partial charge in [-0.2, -0.15) is 0 Å². The first-order valence-electron chi connectivity index (χ1n) is 15.8. The molecule has 5 aromatic carbocycles. The fraction of sp³-hybridized carbons (Fsp3) is 0.122. The molecule has 224 valence electrons. The molecule has 0 fully saturated rings. The molecule has 1 atom stereocenters. The Balaban J connectivity index is 1.30. The number of aromatic nitrogens is 1. The molecule has 1 unspecified atom stereocenters. The van der Waals surface area contributed by atoms with Gasteiger partial charge in [0, 0.05) is 29.8 Å². The van der Waals surface area contributed by atoms with Gasteiger partial charge in [0.1, 0.15) is 5.54 Å². The molecule has 0 radical (unpaired) electrons. The molecule has 0 bridgehead atoms. The number of rotatable bonds is 7. The minimum Gasteiger partial charge on any atom is -0.334 e. The molecule has 6 aromatic rings. The third-order valence-electron chi connectivity index (χ3n) is 9.16. The fourth-order valence-electron chi connectivity index (χ4n) is 7.02. The van der Waals surface area contributed by atoms with Gasteiger partial charge in [-0.15, -0.1) is 11.8 Å². The summed E-state index contributed by atoms with van der Waals surface area (Å²) in [4.78, 5) is 14.6. The van der Waals surface area contributed by atoms with Crippen LogP contribution in [-0.2, 0) is 12.0 Å². The molecule has 3 heterocycles. The quantitative estimate of drug-likeness (QED) is 0.168. The molecule has 0 aliphatic carbocycles. The van der Waals surface area contributed by atoms with Crippen molar-refractivity contribution in [1.82, 2.24) is 4.98 Å². The van der Waals surface area contributed by atoms with Crippen molar-refractivity contribution in [3.8, 4) is 0 Å². The van der Waals surface area contributed by atoms with Crippen LogP contribution in [0.5, 0.6) is 0 Å². The number of nitrogens with zero attached hydrogens (tertiary/aromatic N) is 4. The molecule has 0 saturated carbocycles. The summed E-state index contributed by atoms with van der Waals surface area (Å²) in [5.41, 5.74) is 10.2. The first-order chi connectivity index (χ1) is 22.7. The highest BCUT2D eigenvalue weighted by atomic mass is 32.2. The predicted molar refractivity (Wildman–Crippen MR) is 193 cm³/mol. The van der Waals surface area contributed by atoms with Gasteiger partial charge in [-0.1, -0.05) is 121 Å². The summed E-state index contributed by atoms with van der Waals surface area (Å²) in [6, 6.07) is 52.5. The fourth-order valence-corrected chi connectivity index (χ4v) is 8.11. The highest BCUT2D eigenvalue weighted by Gasteiger charge is 2.47. The van der Waals surface area contributed by atoms with Crippen LogP contribution in [0.3, 0.4) is 0 Å². The SMILES string of the molecule is CC(SC1=Nc2cc3c(cc2C1)N(C(c1ccccc1)(c1ccccc1)c1ccccc1)CN3c1ccncc1)c1ccccc1. The van der Waals surface area contributed by atoms with Crippen molar-refractivity contribution >= 4 is 39.6 Å². The summed E-state index contributed by atoms with van der Waals surface area (Å²) in [6.45, 7) is 2.93. The normalized spacial score (nSPS) is 14.5. The average molecular weight is 615 g/mol. The zero-order valence-corrected chi connectivity index (χ0v) is 26.5. The number of anilines is 3. The molecule has 0 amide bonds. The summed E-state index contributed by atoms with van der Waals surface area (Å²) in [5.74, 6) is 0. The van der Waals surface area contributed by atoms with Crippen molar-refractivity contribution in [2.75, 3.05) is 16.5 Å². The topological polar surface area (TPSA) is 31.7 Å². The zero-order valence-electron chi connectivity index (χ0n) is 25.7. The van der Waals surface area contributed by atoms with E-state index in [2.05, 4.69) is 167 Å². The van der Waals surface area contributed by atoms with Crippen molar-refractivity contribution in [2.24, 2.45) is 4.99 Å². The molecule has 5 heteroatoms. The minimum absolute atomic E-state index is 0.327. The maximum absolute atomic E-state index is 5.21. The molecule has 2 aliphatic rings. The smallest absolute Gasteiger partial charge is 0.118 e. The summed E-state index contributed by atoms with van der Waals surface area (Å²) in [7, 11) is 0. The molecule has 46 heavy (non-hydrogen) atoms. The van der Waals surface area contributed by atoms with E-state index in [1.54, 1.807) is 0 Å². The third-order valence-corrected chi connectivity index (χ3v) is 10.3. The number of fused-ring (bicyclic) bond motifs is 2. The number of aliphatic imine (C=N–C) groups is 1. The molecule has 0 saturated heterocycles. The van der Waals surface area contributed by atoms with Crippen molar-refractivity contribution in [3.63, 3.8) is 0 Å². The Bertz CT molecular complexity index is 1880. The second kappa shape index (κ2) is 12.0. The molecule has 0 spiro atoms. The Hall–Kier alpha value is -5.13. The van der Waals surface area contributed by atoms with Crippen LogP contribution in [0, 0.1) is 0 Å². The number of thioether (sulfide) groups is 1. The lowest BCUT2D eigenvalue weighted by Gasteiger charge is -2.45. The van der Waals surface area contributed by atoms with E-state index in [1.807, 2.05) is 24.2 Å². The lowest BCUT2D eigenvalue weighted by atomic mass is 9.75. The first-order valence-corrected chi connectivity index (χ1v) is 16.7. The van der Waals surface area contributed by atoms with Crippen LogP contribution in [0.4, 0.5) is 22.7 Å². The number of hydrogen-bond donors (Lipinski definition) is 0. The van der Waals surface area contributed by atoms with Crippen molar-refractivity contribution in [2.45, 2.75) is 24.1 Å². The van der Waals surface area contributed by atoms with Gasteiger partial charge >= 0.3 is 0 Å². The zero-order chi connectivity index (χ0) is 30.9. The second-order valence-electron chi connectivity index (χ2n) is 11.8. The Morgan fingerprint density at radius 1 is 0.652 bits per heavy atom. The van der Waals surface area contributed by atoms with Crippen molar-refractivity contribution in [1.29, 1.82) is 0 Å². The van der Waals surface area contributed by atoms with E-state index in [0.29, 0.717) is 11.9 Å². The lowest BCUT2D eigenvalue weighted by Crippen LogP contribution is -2.49. The first kappa shape index (κ1) is 28.4. The molecule has 4 nitrogen and oxygen atoms in total. The van der Waals surface area contributed by atoms with Crippen LogP contribution in [0.15, 0.2) is 163 Å². The maximum atomic E-state index is 5.21. The van der Waals surface area contributed by atoms with Crippen LogP contribution in [0.1, 0.15) is 40.0 Å². The van der Waals surface area contributed by atoms with Gasteiger partial charge < -0.3 is 9.80 Å². The van der Waals surface area contributed by atoms with E-state index in [-0.39, 0.29) is 0 Å².